The van der Waals surface area contributed by atoms with Crippen LogP contribution in [0.5, 0.6) is 0 Å². The number of halogens is 2. The lowest BCUT2D eigenvalue weighted by Gasteiger charge is -2.06. The summed E-state index contributed by atoms with van der Waals surface area (Å²) in [6.45, 7) is 4.00. The highest BCUT2D eigenvalue weighted by molar-refractivity contribution is 6.36. The van der Waals surface area contributed by atoms with Crippen LogP contribution in [0.3, 0.4) is 0 Å². The van der Waals surface area contributed by atoms with Crippen LogP contribution in [-0.2, 0) is 0 Å². The third kappa shape index (κ3) is 3.72. The molecule has 2 nitrogen and oxygen atoms in total. The highest BCUT2D eigenvalue weighted by Crippen LogP contribution is 2.25. The minimum Gasteiger partial charge on any atom is -0.277 e. The smallest absolute Gasteiger partial charge is 0.0749 e. The fraction of sp³-hybridized carbons (Fsp3) is 0.133. The summed E-state index contributed by atoms with van der Waals surface area (Å²) < 4.78 is 0. The molecule has 98 valence electrons. The summed E-state index contributed by atoms with van der Waals surface area (Å²) in [6.07, 6.45) is 0. The molecule has 0 aliphatic heterocycles. The van der Waals surface area contributed by atoms with E-state index in [2.05, 4.69) is 29.6 Å². The standard InChI is InChI=1S/C15H14Cl2N2/c1-10-3-5-12(6-4-10)11(2)18-19-15-8-7-13(16)9-14(15)17/h3-9,19H,1-2H3/b18-11-. The van der Waals surface area contributed by atoms with Crippen LogP contribution in [0.2, 0.25) is 10.0 Å². The Bertz CT molecular complexity index is 604. The summed E-state index contributed by atoms with van der Waals surface area (Å²) in [6, 6.07) is 13.5. The molecule has 2 aromatic carbocycles. The van der Waals surface area contributed by atoms with Crippen molar-refractivity contribution < 1.29 is 0 Å². The van der Waals surface area contributed by atoms with Gasteiger partial charge in [-0.2, -0.15) is 5.10 Å². The first kappa shape index (κ1) is 13.9. The second kappa shape index (κ2) is 6.09. The van der Waals surface area contributed by atoms with Gasteiger partial charge in [0.15, 0.2) is 0 Å². The zero-order valence-electron chi connectivity index (χ0n) is 10.7. The van der Waals surface area contributed by atoms with E-state index in [9.17, 15) is 0 Å². The van der Waals surface area contributed by atoms with Crippen LogP contribution in [0.1, 0.15) is 18.1 Å². The molecule has 4 heteroatoms. The van der Waals surface area contributed by atoms with Crippen molar-refractivity contribution in [2.24, 2.45) is 5.10 Å². The lowest BCUT2D eigenvalue weighted by atomic mass is 10.1. The molecule has 1 N–H and O–H groups in total. The second-order valence-corrected chi connectivity index (χ2v) is 5.14. The Hall–Kier alpha value is -1.51. The maximum absolute atomic E-state index is 6.06. The van der Waals surface area contributed by atoms with Gasteiger partial charge in [0, 0.05) is 5.02 Å². The van der Waals surface area contributed by atoms with E-state index in [0.717, 1.165) is 17.0 Å². The van der Waals surface area contributed by atoms with Gasteiger partial charge in [-0.05, 0) is 37.6 Å². The molecule has 0 saturated carbocycles. The molecule has 0 unspecified atom stereocenters. The number of hydrogen-bond acceptors (Lipinski definition) is 2. The molecule has 19 heavy (non-hydrogen) atoms. The molecule has 0 bridgehead atoms. The first-order valence-electron chi connectivity index (χ1n) is 5.88. The van der Waals surface area contributed by atoms with E-state index in [4.69, 9.17) is 23.2 Å². The van der Waals surface area contributed by atoms with Gasteiger partial charge in [-0.15, -0.1) is 0 Å². The molecule has 0 amide bonds. The van der Waals surface area contributed by atoms with Gasteiger partial charge in [0.25, 0.3) is 0 Å². The number of benzene rings is 2. The topological polar surface area (TPSA) is 24.4 Å². The first-order chi connectivity index (χ1) is 9.06. The summed E-state index contributed by atoms with van der Waals surface area (Å²) in [7, 11) is 0. The van der Waals surface area contributed by atoms with Crippen LogP contribution in [0.4, 0.5) is 5.69 Å². The maximum atomic E-state index is 6.06. The fourth-order valence-electron chi connectivity index (χ4n) is 1.58. The van der Waals surface area contributed by atoms with E-state index in [1.807, 2.05) is 19.1 Å². The van der Waals surface area contributed by atoms with Crippen molar-refractivity contribution in [3.63, 3.8) is 0 Å². The number of hydrogen-bond donors (Lipinski definition) is 1. The van der Waals surface area contributed by atoms with Crippen molar-refractivity contribution in [3.8, 4) is 0 Å². The van der Waals surface area contributed by atoms with Gasteiger partial charge in [-0.25, -0.2) is 0 Å². The molecule has 0 atom stereocenters. The zero-order chi connectivity index (χ0) is 13.8. The molecule has 0 heterocycles. The Kier molecular flexibility index (Phi) is 4.46. The summed E-state index contributed by atoms with van der Waals surface area (Å²) in [5.74, 6) is 0. The van der Waals surface area contributed by atoms with Crippen molar-refractivity contribution in [1.29, 1.82) is 0 Å². The molecular weight excluding hydrogens is 279 g/mol. The molecule has 0 aliphatic rings. The lowest BCUT2D eigenvalue weighted by Crippen LogP contribution is -2.00. The number of anilines is 1. The average molecular weight is 293 g/mol. The van der Waals surface area contributed by atoms with Crippen LogP contribution in [-0.4, -0.2) is 5.71 Å². The molecule has 0 fully saturated rings. The zero-order valence-corrected chi connectivity index (χ0v) is 12.3. The molecular formula is C15H14Cl2N2. The minimum absolute atomic E-state index is 0.549. The van der Waals surface area contributed by atoms with Crippen LogP contribution in [0.15, 0.2) is 47.6 Å². The Morgan fingerprint density at radius 1 is 1.05 bits per heavy atom. The van der Waals surface area contributed by atoms with E-state index in [1.54, 1.807) is 18.2 Å². The molecule has 0 saturated heterocycles. The van der Waals surface area contributed by atoms with Crippen molar-refractivity contribution in [1.82, 2.24) is 0 Å². The van der Waals surface area contributed by atoms with Crippen LogP contribution < -0.4 is 5.43 Å². The Balaban J connectivity index is 2.15. The van der Waals surface area contributed by atoms with E-state index < -0.39 is 0 Å². The number of hydrazone groups is 1. The van der Waals surface area contributed by atoms with Crippen molar-refractivity contribution in [3.05, 3.63) is 63.6 Å². The summed E-state index contributed by atoms with van der Waals surface area (Å²) >= 11 is 11.9. The van der Waals surface area contributed by atoms with Gasteiger partial charge in [-0.1, -0.05) is 53.0 Å². The monoisotopic (exact) mass is 292 g/mol. The fourth-order valence-corrected chi connectivity index (χ4v) is 2.03. The predicted molar refractivity (Wildman–Crippen MR) is 83.5 cm³/mol. The van der Waals surface area contributed by atoms with Crippen LogP contribution in [0, 0.1) is 6.92 Å². The molecule has 0 aromatic heterocycles. The lowest BCUT2D eigenvalue weighted by molar-refractivity contribution is 1.32. The number of nitrogens with one attached hydrogen (secondary N) is 1. The quantitative estimate of drug-likeness (QED) is 0.615. The van der Waals surface area contributed by atoms with Gasteiger partial charge in [0.05, 0.1) is 16.4 Å². The molecule has 0 spiro atoms. The Morgan fingerprint density at radius 2 is 1.74 bits per heavy atom. The van der Waals surface area contributed by atoms with Crippen LogP contribution in [0.25, 0.3) is 0 Å². The van der Waals surface area contributed by atoms with Gasteiger partial charge < -0.3 is 0 Å². The number of rotatable bonds is 3. The average Bonchev–Trinajstić information content (AvgIpc) is 2.38. The predicted octanol–water partition coefficient (Wildman–Crippen LogP) is 5.14. The largest absolute Gasteiger partial charge is 0.277 e. The minimum atomic E-state index is 0.549. The van der Waals surface area contributed by atoms with E-state index in [0.29, 0.717) is 10.0 Å². The van der Waals surface area contributed by atoms with Gasteiger partial charge >= 0.3 is 0 Å². The maximum Gasteiger partial charge on any atom is 0.0749 e. The normalized spacial score (nSPS) is 11.5. The Morgan fingerprint density at radius 3 is 2.37 bits per heavy atom. The molecule has 2 rings (SSSR count). The summed E-state index contributed by atoms with van der Waals surface area (Å²) in [5, 5.41) is 5.48. The summed E-state index contributed by atoms with van der Waals surface area (Å²) in [5.41, 5.74) is 6.88. The SMILES string of the molecule is C/C(=N/Nc1ccc(Cl)cc1Cl)c1ccc(C)cc1. The van der Waals surface area contributed by atoms with Gasteiger partial charge in [0.2, 0.25) is 0 Å². The summed E-state index contributed by atoms with van der Waals surface area (Å²) in [4.78, 5) is 0. The first-order valence-corrected chi connectivity index (χ1v) is 6.64. The highest BCUT2D eigenvalue weighted by atomic mass is 35.5. The number of aryl methyl sites for hydroxylation is 1. The van der Waals surface area contributed by atoms with Crippen LogP contribution >= 0.6 is 23.2 Å². The second-order valence-electron chi connectivity index (χ2n) is 4.30. The Labute approximate surface area is 123 Å². The third-order valence-electron chi connectivity index (χ3n) is 2.74. The molecule has 0 aliphatic carbocycles. The van der Waals surface area contributed by atoms with Gasteiger partial charge in [-0.3, -0.25) is 5.43 Å². The highest BCUT2D eigenvalue weighted by Gasteiger charge is 2.01. The third-order valence-corrected chi connectivity index (χ3v) is 3.29. The van der Waals surface area contributed by atoms with E-state index >= 15 is 0 Å². The van der Waals surface area contributed by atoms with Crippen molar-refractivity contribution >= 4 is 34.6 Å². The van der Waals surface area contributed by atoms with Crippen molar-refractivity contribution in [2.45, 2.75) is 13.8 Å². The van der Waals surface area contributed by atoms with E-state index in [1.165, 1.54) is 5.56 Å². The molecule has 0 radical (unpaired) electrons. The number of nitrogens with zero attached hydrogens (tertiary/aromatic N) is 1. The van der Waals surface area contributed by atoms with Gasteiger partial charge in [0.1, 0.15) is 0 Å². The van der Waals surface area contributed by atoms with E-state index in [-0.39, 0.29) is 0 Å². The van der Waals surface area contributed by atoms with Crippen molar-refractivity contribution in [2.75, 3.05) is 5.43 Å². The molecule has 2 aromatic rings.